The smallest absolute Gasteiger partial charge is 0.0226 e. The van der Waals surface area contributed by atoms with E-state index in [4.69, 9.17) is 5.73 Å². The summed E-state index contributed by atoms with van der Waals surface area (Å²) in [5.41, 5.74) is 5.79. The summed E-state index contributed by atoms with van der Waals surface area (Å²) < 4.78 is 0. The molecule has 2 nitrogen and oxygen atoms in total. The summed E-state index contributed by atoms with van der Waals surface area (Å²) in [5.74, 6) is 4.48. The van der Waals surface area contributed by atoms with Gasteiger partial charge in [-0.1, -0.05) is 0 Å². The van der Waals surface area contributed by atoms with Crippen LogP contribution < -0.4 is 11.1 Å². The maximum absolute atomic E-state index is 5.79. The van der Waals surface area contributed by atoms with Crippen molar-refractivity contribution in [1.82, 2.24) is 5.32 Å². The van der Waals surface area contributed by atoms with Gasteiger partial charge >= 0.3 is 0 Å². The number of hydrogen-bond donors (Lipinski definition) is 2. The number of thioether (sulfide) groups is 1. The van der Waals surface area contributed by atoms with Crippen molar-refractivity contribution in [3.63, 3.8) is 0 Å². The molecule has 0 spiro atoms. The molecule has 2 aliphatic rings. The van der Waals surface area contributed by atoms with Gasteiger partial charge in [0, 0.05) is 12.6 Å². The molecule has 3 N–H and O–H groups in total. The summed E-state index contributed by atoms with van der Waals surface area (Å²) in [7, 11) is 0. The molecule has 2 rings (SSSR count). The molecule has 0 aromatic heterocycles. The van der Waals surface area contributed by atoms with Gasteiger partial charge in [0.15, 0.2) is 0 Å². The molecule has 2 fully saturated rings. The molecule has 0 aromatic rings. The number of nitrogens with two attached hydrogens (primary N) is 1. The van der Waals surface area contributed by atoms with E-state index in [2.05, 4.69) is 17.1 Å². The van der Waals surface area contributed by atoms with E-state index in [1.54, 1.807) is 0 Å². The summed E-state index contributed by atoms with van der Waals surface area (Å²) in [4.78, 5) is 0. The second-order valence-corrected chi connectivity index (χ2v) is 5.47. The normalized spacial score (nSPS) is 30.7. The predicted octanol–water partition coefficient (Wildman–Crippen LogP) is 1.07. The largest absolute Gasteiger partial charge is 0.329 e. The van der Waals surface area contributed by atoms with Gasteiger partial charge in [0.25, 0.3) is 0 Å². The van der Waals surface area contributed by atoms with Crippen molar-refractivity contribution < 1.29 is 0 Å². The molecular formula is C10H20N2S. The maximum atomic E-state index is 5.79. The van der Waals surface area contributed by atoms with Crippen LogP contribution in [0, 0.1) is 11.8 Å². The molecule has 1 aliphatic heterocycles. The molecule has 1 aliphatic carbocycles. The Labute approximate surface area is 85.0 Å². The number of rotatable bonds is 5. The Morgan fingerprint density at radius 1 is 1.38 bits per heavy atom. The van der Waals surface area contributed by atoms with Crippen molar-refractivity contribution in [2.45, 2.75) is 25.3 Å². The second-order valence-electron chi connectivity index (χ2n) is 4.32. The molecule has 2 atom stereocenters. The Balaban J connectivity index is 1.70. The molecule has 0 amide bonds. The topological polar surface area (TPSA) is 38.0 Å². The fourth-order valence-corrected chi connectivity index (χ4v) is 3.29. The fourth-order valence-electron chi connectivity index (χ4n) is 1.95. The molecule has 1 saturated carbocycles. The zero-order chi connectivity index (χ0) is 9.10. The molecule has 1 heterocycles. The lowest BCUT2D eigenvalue weighted by Gasteiger charge is -2.22. The van der Waals surface area contributed by atoms with Crippen LogP contribution in [0.25, 0.3) is 0 Å². The van der Waals surface area contributed by atoms with Gasteiger partial charge in [-0.25, -0.2) is 0 Å². The Bertz CT molecular complexity index is 153. The van der Waals surface area contributed by atoms with Crippen molar-refractivity contribution in [3.8, 4) is 0 Å². The lowest BCUT2D eigenvalue weighted by molar-refractivity contribution is 0.383. The standard InChI is InChI=1S/C10H20N2S/c11-5-10(9-3-4-13-7-9)12-6-8-1-2-8/h8-10,12H,1-7,11H2. The SMILES string of the molecule is NCC(NCC1CC1)C1CCSC1. The van der Waals surface area contributed by atoms with Crippen molar-refractivity contribution in [1.29, 1.82) is 0 Å². The molecule has 13 heavy (non-hydrogen) atoms. The third-order valence-electron chi connectivity index (χ3n) is 3.15. The van der Waals surface area contributed by atoms with E-state index in [0.717, 1.165) is 18.4 Å². The lowest BCUT2D eigenvalue weighted by Crippen LogP contribution is -2.43. The van der Waals surface area contributed by atoms with E-state index in [1.165, 1.54) is 37.3 Å². The third kappa shape index (κ3) is 2.86. The van der Waals surface area contributed by atoms with Crippen molar-refractivity contribution in [2.75, 3.05) is 24.6 Å². The summed E-state index contributed by atoms with van der Waals surface area (Å²) in [5, 5.41) is 3.63. The van der Waals surface area contributed by atoms with Crippen LogP contribution in [0.4, 0.5) is 0 Å². The van der Waals surface area contributed by atoms with Gasteiger partial charge in [0.2, 0.25) is 0 Å². The van der Waals surface area contributed by atoms with Crippen LogP contribution in [-0.2, 0) is 0 Å². The van der Waals surface area contributed by atoms with Gasteiger partial charge in [0.1, 0.15) is 0 Å². The Morgan fingerprint density at radius 2 is 2.23 bits per heavy atom. The predicted molar refractivity (Wildman–Crippen MR) is 59.0 cm³/mol. The molecule has 0 bridgehead atoms. The van der Waals surface area contributed by atoms with Gasteiger partial charge in [-0.3, -0.25) is 0 Å². The first kappa shape index (κ1) is 9.81. The van der Waals surface area contributed by atoms with Crippen molar-refractivity contribution in [3.05, 3.63) is 0 Å². The first-order valence-corrected chi connectivity index (χ1v) is 6.57. The Morgan fingerprint density at radius 3 is 2.77 bits per heavy atom. The molecule has 1 saturated heterocycles. The molecule has 3 heteroatoms. The number of nitrogens with one attached hydrogen (secondary N) is 1. The molecule has 2 unspecified atom stereocenters. The van der Waals surface area contributed by atoms with Gasteiger partial charge in [-0.05, 0) is 49.1 Å². The molecular weight excluding hydrogens is 180 g/mol. The van der Waals surface area contributed by atoms with Crippen LogP contribution in [-0.4, -0.2) is 30.6 Å². The van der Waals surface area contributed by atoms with Crippen LogP contribution in [0.3, 0.4) is 0 Å². The first-order chi connectivity index (χ1) is 6.40. The maximum Gasteiger partial charge on any atom is 0.0226 e. The van der Waals surface area contributed by atoms with Crippen LogP contribution >= 0.6 is 11.8 Å². The summed E-state index contributed by atoms with van der Waals surface area (Å²) in [6, 6.07) is 0.593. The van der Waals surface area contributed by atoms with Crippen molar-refractivity contribution >= 4 is 11.8 Å². The molecule has 0 radical (unpaired) electrons. The highest BCUT2D eigenvalue weighted by molar-refractivity contribution is 7.99. The summed E-state index contributed by atoms with van der Waals surface area (Å²) in [6.07, 6.45) is 4.23. The minimum Gasteiger partial charge on any atom is -0.329 e. The number of hydrogen-bond acceptors (Lipinski definition) is 3. The zero-order valence-electron chi connectivity index (χ0n) is 8.17. The van der Waals surface area contributed by atoms with Crippen LogP contribution in [0.5, 0.6) is 0 Å². The van der Waals surface area contributed by atoms with Gasteiger partial charge < -0.3 is 11.1 Å². The lowest BCUT2D eigenvalue weighted by atomic mass is 9.99. The fraction of sp³-hybridized carbons (Fsp3) is 1.00. The van der Waals surface area contributed by atoms with Gasteiger partial charge in [0.05, 0.1) is 0 Å². The minimum absolute atomic E-state index is 0.593. The first-order valence-electron chi connectivity index (χ1n) is 5.41. The average molecular weight is 200 g/mol. The van der Waals surface area contributed by atoms with E-state index < -0.39 is 0 Å². The second kappa shape index (κ2) is 4.67. The quantitative estimate of drug-likeness (QED) is 0.697. The molecule has 76 valence electrons. The van der Waals surface area contributed by atoms with E-state index in [9.17, 15) is 0 Å². The van der Waals surface area contributed by atoms with Crippen molar-refractivity contribution in [2.24, 2.45) is 17.6 Å². The summed E-state index contributed by atoms with van der Waals surface area (Å²) >= 11 is 2.08. The van der Waals surface area contributed by atoms with E-state index >= 15 is 0 Å². The third-order valence-corrected chi connectivity index (χ3v) is 4.34. The van der Waals surface area contributed by atoms with Gasteiger partial charge in [-0.2, -0.15) is 11.8 Å². The van der Waals surface area contributed by atoms with E-state index in [1.807, 2.05) is 0 Å². The highest BCUT2D eigenvalue weighted by Gasteiger charge is 2.27. The van der Waals surface area contributed by atoms with E-state index in [-0.39, 0.29) is 0 Å². The van der Waals surface area contributed by atoms with Gasteiger partial charge in [-0.15, -0.1) is 0 Å². The monoisotopic (exact) mass is 200 g/mol. The Kier molecular flexibility index (Phi) is 3.52. The highest BCUT2D eigenvalue weighted by Crippen LogP contribution is 2.29. The molecule has 0 aromatic carbocycles. The van der Waals surface area contributed by atoms with Crippen LogP contribution in [0.1, 0.15) is 19.3 Å². The van der Waals surface area contributed by atoms with Crippen LogP contribution in [0.15, 0.2) is 0 Å². The van der Waals surface area contributed by atoms with Crippen LogP contribution in [0.2, 0.25) is 0 Å². The minimum atomic E-state index is 0.593. The average Bonchev–Trinajstić information content (AvgIpc) is 2.81. The highest BCUT2D eigenvalue weighted by atomic mass is 32.2. The Hall–Kier alpha value is 0.270. The summed E-state index contributed by atoms with van der Waals surface area (Å²) in [6.45, 7) is 2.03. The zero-order valence-corrected chi connectivity index (χ0v) is 8.98. The van der Waals surface area contributed by atoms with E-state index in [0.29, 0.717) is 6.04 Å².